The highest BCUT2D eigenvalue weighted by atomic mass is 16.7. The summed E-state index contributed by atoms with van der Waals surface area (Å²) in [6, 6.07) is 6.23. The van der Waals surface area contributed by atoms with Crippen molar-refractivity contribution < 1.29 is 14.2 Å². The Balaban J connectivity index is 2.11. The van der Waals surface area contributed by atoms with Gasteiger partial charge in [0.2, 0.25) is 6.79 Å². The number of fused-ring (bicyclic) bond motifs is 1. The number of rotatable bonds is 6. The molecule has 0 saturated heterocycles. The minimum Gasteiger partial charge on any atom is -0.454 e. The molecule has 4 heteroatoms. The van der Waals surface area contributed by atoms with Gasteiger partial charge in [0, 0.05) is 6.61 Å². The smallest absolute Gasteiger partial charge is 0.231 e. The van der Waals surface area contributed by atoms with Gasteiger partial charge >= 0.3 is 0 Å². The Morgan fingerprint density at radius 1 is 1.29 bits per heavy atom. The normalized spacial score (nSPS) is 14.9. The number of ether oxygens (including phenoxy) is 3. The van der Waals surface area contributed by atoms with Crippen molar-refractivity contribution in [3.63, 3.8) is 0 Å². The summed E-state index contributed by atoms with van der Waals surface area (Å²) in [5.41, 5.74) is 1.17. The Labute approximate surface area is 102 Å². The first-order chi connectivity index (χ1) is 8.35. The summed E-state index contributed by atoms with van der Waals surface area (Å²) in [6.45, 7) is 6.72. The molecule has 0 radical (unpaired) electrons. The van der Waals surface area contributed by atoms with Crippen LogP contribution in [0.2, 0.25) is 0 Å². The molecular weight excluding hydrogens is 218 g/mol. The van der Waals surface area contributed by atoms with Crippen LogP contribution in [-0.2, 0) is 4.74 Å². The fourth-order valence-electron chi connectivity index (χ4n) is 1.88. The standard InChI is InChI=1S/C13H19NO3/c1-3-14-11(8-15-4-2)10-5-6-12-13(7-10)17-9-16-12/h5-7,11,14H,3-4,8-9H2,1-2H3. The van der Waals surface area contributed by atoms with Crippen LogP contribution in [0.1, 0.15) is 25.5 Å². The lowest BCUT2D eigenvalue weighted by Crippen LogP contribution is -2.25. The predicted molar refractivity (Wildman–Crippen MR) is 65.5 cm³/mol. The van der Waals surface area contributed by atoms with Crippen LogP contribution < -0.4 is 14.8 Å². The number of likely N-dealkylation sites (N-methyl/N-ethyl adjacent to an activating group) is 1. The molecule has 4 nitrogen and oxygen atoms in total. The topological polar surface area (TPSA) is 39.7 Å². The molecule has 94 valence electrons. The Hall–Kier alpha value is -1.26. The Kier molecular flexibility index (Phi) is 4.23. The van der Waals surface area contributed by atoms with Crippen molar-refractivity contribution in [2.45, 2.75) is 19.9 Å². The van der Waals surface area contributed by atoms with Crippen molar-refractivity contribution in [2.75, 3.05) is 26.6 Å². The molecule has 1 atom stereocenters. The second-order valence-electron chi connectivity index (χ2n) is 3.88. The zero-order chi connectivity index (χ0) is 12.1. The first-order valence-corrected chi connectivity index (χ1v) is 6.05. The summed E-state index contributed by atoms with van der Waals surface area (Å²) in [4.78, 5) is 0. The van der Waals surface area contributed by atoms with Crippen LogP contribution in [0.4, 0.5) is 0 Å². The molecule has 1 aromatic rings. The van der Waals surface area contributed by atoms with Crippen LogP contribution in [0.3, 0.4) is 0 Å². The van der Waals surface area contributed by atoms with E-state index in [0.717, 1.165) is 24.7 Å². The molecular formula is C13H19NO3. The molecule has 0 aromatic heterocycles. The van der Waals surface area contributed by atoms with Gasteiger partial charge in [-0.25, -0.2) is 0 Å². The minimum absolute atomic E-state index is 0.203. The van der Waals surface area contributed by atoms with Gasteiger partial charge in [-0.2, -0.15) is 0 Å². The molecule has 1 aliphatic rings. The lowest BCUT2D eigenvalue weighted by Gasteiger charge is -2.18. The molecule has 1 N–H and O–H groups in total. The van der Waals surface area contributed by atoms with E-state index < -0.39 is 0 Å². The maximum Gasteiger partial charge on any atom is 0.231 e. The molecule has 17 heavy (non-hydrogen) atoms. The van der Waals surface area contributed by atoms with E-state index in [2.05, 4.69) is 18.3 Å². The zero-order valence-corrected chi connectivity index (χ0v) is 10.4. The van der Waals surface area contributed by atoms with Crippen molar-refractivity contribution in [3.8, 4) is 11.5 Å². The largest absolute Gasteiger partial charge is 0.454 e. The third kappa shape index (κ3) is 2.90. The Morgan fingerprint density at radius 3 is 2.88 bits per heavy atom. The molecule has 1 aliphatic heterocycles. The fraction of sp³-hybridized carbons (Fsp3) is 0.538. The van der Waals surface area contributed by atoms with E-state index in [-0.39, 0.29) is 6.04 Å². The van der Waals surface area contributed by atoms with E-state index in [0.29, 0.717) is 13.4 Å². The van der Waals surface area contributed by atoms with Gasteiger partial charge in [0.05, 0.1) is 12.6 Å². The molecule has 1 heterocycles. The van der Waals surface area contributed by atoms with Gasteiger partial charge < -0.3 is 19.5 Å². The maximum absolute atomic E-state index is 5.49. The average Bonchev–Trinajstić information content (AvgIpc) is 2.81. The van der Waals surface area contributed by atoms with Gasteiger partial charge in [0.25, 0.3) is 0 Å². The van der Waals surface area contributed by atoms with Crippen molar-refractivity contribution in [1.29, 1.82) is 0 Å². The molecule has 2 rings (SSSR count). The van der Waals surface area contributed by atoms with E-state index >= 15 is 0 Å². The van der Waals surface area contributed by atoms with Crippen LogP contribution in [0, 0.1) is 0 Å². The fourth-order valence-corrected chi connectivity index (χ4v) is 1.88. The van der Waals surface area contributed by atoms with Crippen molar-refractivity contribution in [2.24, 2.45) is 0 Å². The summed E-state index contributed by atoms with van der Waals surface area (Å²) >= 11 is 0. The first kappa shape index (κ1) is 12.2. The molecule has 0 bridgehead atoms. The minimum atomic E-state index is 0.203. The van der Waals surface area contributed by atoms with Crippen molar-refractivity contribution in [3.05, 3.63) is 23.8 Å². The van der Waals surface area contributed by atoms with E-state index in [1.807, 2.05) is 19.1 Å². The van der Waals surface area contributed by atoms with Gasteiger partial charge in [0.1, 0.15) is 0 Å². The third-order valence-corrected chi connectivity index (χ3v) is 2.74. The second-order valence-corrected chi connectivity index (χ2v) is 3.88. The molecule has 0 saturated carbocycles. The van der Waals surface area contributed by atoms with E-state index in [1.165, 1.54) is 5.56 Å². The Morgan fingerprint density at radius 2 is 2.12 bits per heavy atom. The summed E-state index contributed by atoms with van der Waals surface area (Å²) < 4.78 is 16.2. The van der Waals surface area contributed by atoms with Crippen LogP contribution in [0.5, 0.6) is 11.5 Å². The van der Waals surface area contributed by atoms with Crippen molar-refractivity contribution in [1.82, 2.24) is 5.32 Å². The quantitative estimate of drug-likeness (QED) is 0.822. The zero-order valence-electron chi connectivity index (χ0n) is 10.4. The van der Waals surface area contributed by atoms with E-state index in [1.54, 1.807) is 0 Å². The van der Waals surface area contributed by atoms with E-state index in [9.17, 15) is 0 Å². The molecule has 0 fully saturated rings. The third-order valence-electron chi connectivity index (χ3n) is 2.74. The summed E-state index contributed by atoms with van der Waals surface area (Å²) in [6.07, 6.45) is 0. The second kappa shape index (κ2) is 5.89. The number of hydrogen-bond donors (Lipinski definition) is 1. The Bertz CT molecular complexity index is 368. The van der Waals surface area contributed by atoms with Crippen molar-refractivity contribution >= 4 is 0 Å². The number of benzene rings is 1. The summed E-state index contributed by atoms with van der Waals surface area (Å²) in [5.74, 6) is 1.64. The highest BCUT2D eigenvalue weighted by Crippen LogP contribution is 2.34. The highest BCUT2D eigenvalue weighted by Gasteiger charge is 2.17. The molecule has 1 unspecified atom stereocenters. The summed E-state index contributed by atoms with van der Waals surface area (Å²) in [7, 11) is 0. The van der Waals surface area contributed by atoms with Crippen LogP contribution in [0.25, 0.3) is 0 Å². The van der Waals surface area contributed by atoms with Gasteiger partial charge in [-0.1, -0.05) is 13.0 Å². The maximum atomic E-state index is 5.49. The monoisotopic (exact) mass is 237 g/mol. The number of nitrogens with one attached hydrogen (secondary N) is 1. The number of hydrogen-bond acceptors (Lipinski definition) is 4. The van der Waals surface area contributed by atoms with Crippen LogP contribution >= 0.6 is 0 Å². The lowest BCUT2D eigenvalue weighted by atomic mass is 10.1. The van der Waals surface area contributed by atoms with Crippen LogP contribution in [0.15, 0.2) is 18.2 Å². The highest BCUT2D eigenvalue weighted by molar-refractivity contribution is 5.45. The molecule has 0 amide bonds. The molecule has 1 aromatic carbocycles. The van der Waals surface area contributed by atoms with E-state index in [4.69, 9.17) is 14.2 Å². The molecule has 0 spiro atoms. The van der Waals surface area contributed by atoms with Crippen LogP contribution in [-0.4, -0.2) is 26.6 Å². The molecule has 0 aliphatic carbocycles. The summed E-state index contributed by atoms with van der Waals surface area (Å²) in [5, 5.41) is 3.40. The SMILES string of the molecule is CCNC(COCC)c1ccc2c(c1)OCO2. The van der Waals surface area contributed by atoms with Gasteiger partial charge in [-0.15, -0.1) is 0 Å². The predicted octanol–water partition coefficient (Wildman–Crippen LogP) is 2.10. The lowest BCUT2D eigenvalue weighted by molar-refractivity contribution is 0.123. The van der Waals surface area contributed by atoms with Gasteiger partial charge in [-0.05, 0) is 31.2 Å². The average molecular weight is 237 g/mol. The van der Waals surface area contributed by atoms with Gasteiger partial charge in [0.15, 0.2) is 11.5 Å². The van der Waals surface area contributed by atoms with Gasteiger partial charge in [-0.3, -0.25) is 0 Å². The first-order valence-electron chi connectivity index (χ1n) is 6.05.